The van der Waals surface area contributed by atoms with Gasteiger partial charge >= 0.3 is 0 Å². The lowest BCUT2D eigenvalue weighted by Crippen LogP contribution is -1.77. The van der Waals surface area contributed by atoms with Gasteiger partial charge in [0.1, 0.15) is 10.7 Å². The third kappa shape index (κ3) is 1.31. The highest BCUT2D eigenvalue weighted by Crippen LogP contribution is 2.24. The van der Waals surface area contributed by atoms with E-state index in [-0.39, 0.29) is 0 Å². The number of carbonyl (C=O) groups is 1. The smallest absolute Gasteiger partial charge is 0.169 e. The van der Waals surface area contributed by atoms with Gasteiger partial charge in [0.15, 0.2) is 6.29 Å². The molecule has 0 radical (unpaired) electrons. The van der Waals surface area contributed by atoms with Gasteiger partial charge in [0, 0.05) is 16.3 Å². The minimum Gasteiger partial charge on any atom is -0.296 e. The normalized spacial score (nSPS) is 10.0. The molecule has 0 atom stereocenters. The number of aromatic nitrogens is 1. The Labute approximate surface area is 77.5 Å². The highest BCUT2D eigenvalue weighted by Gasteiger charge is 2.02. The summed E-state index contributed by atoms with van der Waals surface area (Å²) in [6.45, 7) is 0. The third-order valence-corrected chi connectivity index (χ3v) is 3.00. The van der Waals surface area contributed by atoms with Crippen LogP contribution in [-0.4, -0.2) is 11.3 Å². The predicted octanol–water partition coefficient (Wildman–Crippen LogP) is 2.68. The Hall–Kier alpha value is -1.00. The van der Waals surface area contributed by atoms with E-state index >= 15 is 0 Å². The molecular weight excluding hydrogens is 190 g/mol. The summed E-state index contributed by atoms with van der Waals surface area (Å²) >= 11 is 3.13. The summed E-state index contributed by atoms with van der Waals surface area (Å²) in [6, 6.07) is 2.00. The number of hydrogen-bond acceptors (Lipinski definition) is 4. The van der Waals surface area contributed by atoms with Crippen molar-refractivity contribution in [2.24, 2.45) is 0 Å². The molecule has 0 spiro atoms. The Morgan fingerprint density at radius 2 is 2.33 bits per heavy atom. The Morgan fingerprint density at radius 1 is 1.42 bits per heavy atom. The Bertz CT molecular complexity index is 377. The van der Waals surface area contributed by atoms with Crippen molar-refractivity contribution in [1.29, 1.82) is 0 Å². The van der Waals surface area contributed by atoms with E-state index in [9.17, 15) is 4.79 Å². The van der Waals surface area contributed by atoms with Crippen LogP contribution in [0.3, 0.4) is 0 Å². The molecule has 2 rings (SSSR count). The molecule has 0 aliphatic heterocycles. The summed E-state index contributed by atoms with van der Waals surface area (Å²) in [5, 5.41) is 6.70. The maximum absolute atomic E-state index is 10.3. The van der Waals surface area contributed by atoms with Crippen molar-refractivity contribution in [3.05, 3.63) is 27.9 Å². The fraction of sp³-hybridized carbons (Fsp3) is 0. The summed E-state index contributed by atoms with van der Waals surface area (Å²) in [4.78, 5) is 14.5. The summed E-state index contributed by atoms with van der Waals surface area (Å²) in [6.07, 6.45) is 0.770. The molecule has 2 aromatic heterocycles. The average Bonchev–Trinajstić information content (AvgIpc) is 2.75. The van der Waals surface area contributed by atoms with E-state index in [2.05, 4.69) is 4.98 Å². The molecule has 0 saturated heterocycles. The van der Waals surface area contributed by atoms with Crippen LogP contribution in [0.1, 0.15) is 10.5 Å². The maximum Gasteiger partial charge on any atom is 0.169 e. The SMILES string of the molecule is O=Cc1csc(-c2ccsc2)n1. The second kappa shape index (κ2) is 3.16. The zero-order chi connectivity index (χ0) is 8.39. The summed E-state index contributed by atoms with van der Waals surface area (Å²) < 4.78 is 0. The highest BCUT2D eigenvalue weighted by molar-refractivity contribution is 7.14. The molecule has 2 aromatic rings. The largest absolute Gasteiger partial charge is 0.296 e. The van der Waals surface area contributed by atoms with Crippen LogP contribution < -0.4 is 0 Å². The molecule has 0 N–H and O–H groups in total. The van der Waals surface area contributed by atoms with E-state index in [0.29, 0.717) is 5.69 Å². The quantitative estimate of drug-likeness (QED) is 0.689. The molecule has 2 heterocycles. The van der Waals surface area contributed by atoms with E-state index in [1.54, 1.807) is 16.7 Å². The Morgan fingerprint density at radius 3 is 2.92 bits per heavy atom. The van der Waals surface area contributed by atoms with Gasteiger partial charge in [0.2, 0.25) is 0 Å². The van der Waals surface area contributed by atoms with Crippen molar-refractivity contribution in [3.8, 4) is 10.6 Å². The molecule has 4 heteroatoms. The van der Waals surface area contributed by atoms with Crippen LogP contribution in [0.25, 0.3) is 10.6 Å². The van der Waals surface area contributed by atoms with Crippen LogP contribution in [0.5, 0.6) is 0 Å². The van der Waals surface area contributed by atoms with Gasteiger partial charge in [-0.3, -0.25) is 4.79 Å². The number of nitrogens with zero attached hydrogens (tertiary/aromatic N) is 1. The molecule has 0 amide bonds. The minimum absolute atomic E-state index is 0.515. The molecule has 0 aromatic carbocycles. The van der Waals surface area contributed by atoms with Crippen LogP contribution in [-0.2, 0) is 0 Å². The molecule has 0 bridgehead atoms. The number of aldehydes is 1. The molecule has 0 unspecified atom stereocenters. The van der Waals surface area contributed by atoms with Crippen LogP contribution in [0.15, 0.2) is 22.2 Å². The number of thiophene rings is 1. The molecule has 60 valence electrons. The number of thiazole rings is 1. The fourth-order valence-electron chi connectivity index (χ4n) is 0.859. The van der Waals surface area contributed by atoms with Gasteiger partial charge in [-0.25, -0.2) is 4.98 Å². The monoisotopic (exact) mass is 195 g/mol. The standard InChI is InChI=1S/C8H5NOS2/c10-3-7-5-12-8(9-7)6-1-2-11-4-6/h1-5H. The van der Waals surface area contributed by atoms with Crippen LogP contribution in [0.2, 0.25) is 0 Å². The minimum atomic E-state index is 0.515. The molecule has 0 saturated carbocycles. The van der Waals surface area contributed by atoms with E-state index in [1.807, 2.05) is 16.8 Å². The third-order valence-electron chi connectivity index (χ3n) is 1.41. The van der Waals surface area contributed by atoms with Gasteiger partial charge in [-0.05, 0) is 11.4 Å². The van der Waals surface area contributed by atoms with Crippen LogP contribution >= 0.6 is 22.7 Å². The number of hydrogen-bond donors (Lipinski definition) is 0. The van der Waals surface area contributed by atoms with Gasteiger partial charge in [-0.1, -0.05) is 0 Å². The van der Waals surface area contributed by atoms with Gasteiger partial charge in [-0.2, -0.15) is 11.3 Å². The molecule has 0 fully saturated rings. The van der Waals surface area contributed by atoms with Gasteiger partial charge in [0.25, 0.3) is 0 Å². The predicted molar refractivity (Wildman–Crippen MR) is 50.8 cm³/mol. The number of carbonyl (C=O) groups excluding carboxylic acids is 1. The molecule has 2 nitrogen and oxygen atoms in total. The van der Waals surface area contributed by atoms with Crippen LogP contribution in [0.4, 0.5) is 0 Å². The van der Waals surface area contributed by atoms with E-state index in [4.69, 9.17) is 0 Å². The first-order chi connectivity index (χ1) is 5.90. The van der Waals surface area contributed by atoms with Gasteiger partial charge in [0.05, 0.1) is 0 Å². The summed E-state index contributed by atoms with van der Waals surface area (Å²) in [5.41, 5.74) is 1.61. The second-order valence-corrected chi connectivity index (χ2v) is 3.85. The first-order valence-electron chi connectivity index (χ1n) is 3.33. The zero-order valence-corrected chi connectivity index (χ0v) is 7.69. The Kier molecular flexibility index (Phi) is 2.01. The first-order valence-corrected chi connectivity index (χ1v) is 5.15. The lowest BCUT2D eigenvalue weighted by Gasteiger charge is -1.84. The van der Waals surface area contributed by atoms with Crippen molar-refractivity contribution in [2.45, 2.75) is 0 Å². The van der Waals surface area contributed by atoms with Crippen molar-refractivity contribution >= 4 is 29.0 Å². The van der Waals surface area contributed by atoms with E-state index in [1.165, 1.54) is 11.3 Å². The molecule has 0 aliphatic rings. The zero-order valence-electron chi connectivity index (χ0n) is 6.06. The topological polar surface area (TPSA) is 30.0 Å². The lowest BCUT2D eigenvalue weighted by molar-refractivity contribution is 0.111. The lowest BCUT2D eigenvalue weighted by atomic mass is 10.4. The molecule has 12 heavy (non-hydrogen) atoms. The van der Waals surface area contributed by atoms with Gasteiger partial charge in [-0.15, -0.1) is 11.3 Å². The fourth-order valence-corrected chi connectivity index (χ4v) is 2.34. The number of rotatable bonds is 2. The summed E-state index contributed by atoms with van der Waals surface area (Å²) in [5.74, 6) is 0. The van der Waals surface area contributed by atoms with E-state index in [0.717, 1.165) is 16.9 Å². The average molecular weight is 195 g/mol. The summed E-state index contributed by atoms with van der Waals surface area (Å²) in [7, 11) is 0. The van der Waals surface area contributed by atoms with Gasteiger partial charge < -0.3 is 0 Å². The van der Waals surface area contributed by atoms with Crippen molar-refractivity contribution in [2.75, 3.05) is 0 Å². The van der Waals surface area contributed by atoms with Crippen molar-refractivity contribution in [1.82, 2.24) is 4.98 Å². The van der Waals surface area contributed by atoms with Crippen molar-refractivity contribution in [3.63, 3.8) is 0 Å². The first kappa shape index (κ1) is 7.64. The second-order valence-electron chi connectivity index (χ2n) is 2.21. The highest BCUT2D eigenvalue weighted by atomic mass is 32.1. The van der Waals surface area contributed by atoms with Crippen molar-refractivity contribution < 1.29 is 4.79 Å². The Balaban J connectivity index is 2.41. The van der Waals surface area contributed by atoms with E-state index < -0.39 is 0 Å². The molecule has 0 aliphatic carbocycles. The maximum atomic E-state index is 10.3. The van der Waals surface area contributed by atoms with Crippen LogP contribution in [0, 0.1) is 0 Å². The molecular formula is C8H5NOS2.